The maximum Gasteiger partial charge on any atom is 0.287 e. The van der Waals surface area contributed by atoms with E-state index in [1.165, 1.54) is 12.3 Å². The lowest BCUT2D eigenvalue weighted by Gasteiger charge is -2.29. The van der Waals surface area contributed by atoms with E-state index in [4.69, 9.17) is 9.47 Å². The Morgan fingerprint density at radius 1 is 1.32 bits per heavy atom. The zero-order chi connectivity index (χ0) is 15.5. The van der Waals surface area contributed by atoms with E-state index < -0.39 is 4.92 Å². The first-order chi connectivity index (χ1) is 10.6. The summed E-state index contributed by atoms with van der Waals surface area (Å²) in [6.45, 7) is 1.02. The zero-order valence-electron chi connectivity index (χ0n) is 12.0. The van der Waals surface area contributed by atoms with E-state index in [1.807, 2.05) is 36.2 Å². The van der Waals surface area contributed by atoms with E-state index in [0.717, 1.165) is 11.5 Å². The van der Waals surface area contributed by atoms with Gasteiger partial charge in [0.25, 0.3) is 5.69 Å². The summed E-state index contributed by atoms with van der Waals surface area (Å²) in [5.74, 6) is 2.12. The average molecular weight is 301 g/mol. The summed E-state index contributed by atoms with van der Waals surface area (Å²) >= 11 is 0. The fraction of sp³-hybridized carbons (Fsp3) is 0.267. The number of fused-ring (bicyclic) bond motifs is 1. The number of nitrogens with zero attached hydrogens (tertiary/aromatic N) is 3. The van der Waals surface area contributed by atoms with Crippen LogP contribution in [0.3, 0.4) is 0 Å². The van der Waals surface area contributed by atoms with Crippen LogP contribution in [0.4, 0.5) is 11.5 Å². The molecule has 7 heteroatoms. The van der Waals surface area contributed by atoms with E-state index in [0.29, 0.717) is 19.0 Å². The van der Waals surface area contributed by atoms with Gasteiger partial charge in [0.15, 0.2) is 17.6 Å². The molecule has 0 N–H and O–H groups in total. The molecule has 1 aliphatic rings. The summed E-state index contributed by atoms with van der Waals surface area (Å²) in [5, 5.41) is 10.6. The Bertz CT molecular complexity index is 675. The van der Waals surface area contributed by atoms with E-state index in [9.17, 15) is 10.1 Å². The molecule has 1 atom stereocenters. The molecule has 22 heavy (non-hydrogen) atoms. The van der Waals surface area contributed by atoms with Crippen molar-refractivity contribution in [2.45, 2.75) is 6.10 Å². The molecule has 1 unspecified atom stereocenters. The minimum Gasteiger partial charge on any atom is -0.486 e. The van der Waals surface area contributed by atoms with E-state index in [-0.39, 0.29) is 11.8 Å². The summed E-state index contributed by atoms with van der Waals surface area (Å²) in [6, 6.07) is 10.6. The molecule has 0 amide bonds. The van der Waals surface area contributed by atoms with Crippen LogP contribution in [0, 0.1) is 10.1 Å². The second kappa shape index (κ2) is 5.88. The number of hydrogen-bond acceptors (Lipinski definition) is 6. The van der Waals surface area contributed by atoms with Crippen molar-refractivity contribution < 1.29 is 14.4 Å². The number of likely N-dealkylation sites (N-methyl/N-ethyl adjacent to an activating group) is 1. The summed E-state index contributed by atoms with van der Waals surface area (Å²) < 4.78 is 11.5. The van der Waals surface area contributed by atoms with Crippen LogP contribution in [0.1, 0.15) is 0 Å². The average Bonchev–Trinajstić information content (AvgIpc) is 2.55. The van der Waals surface area contributed by atoms with Gasteiger partial charge in [-0.05, 0) is 18.2 Å². The molecular weight excluding hydrogens is 286 g/mol. The summed E-state index contributed by atoms with van der Waals surface area (Å²) in [7, 11) is 1.86. The smallest absolute Gasteiger partial charge is 0.287 e. The van der Waals surface area contributed by atoms with Gasteiger partial charge in [0, 0.05) is 13.1 Å². The van der Waals surface area contributed by atoms with Crippen LogP contribution < -0.4 is 14.4 Å². The van der Waals surface area contributed by atoms with Gasteiger partial charge in [0.2, 0.25) is 0 Å². The Hall–Kier alpha value is -2.83. The highest BCUT2D eigenvalue weighted by Gasteiger charge is 2.22. The number of aromatic nitrogens is 1. The first kappa shape index (κ1) is 14.1. The topological polar surface area (TPSA) is 77.7 Å². The van der Waals surface area contributed by atoms with Gasteiger partial charge >= 0.3 is 0 Å². The van der Waals surface area contributed by atoms with Gasteiger partial charge in [-0.1, -0.05) is 12.1 Å². The summed E-state index contributed by atoms with van der Waals surface area (Å²) in [4.78, 5) is 16.1. The van der Waals surface area contributed by atoms with Gasteiger partial charge in [-0.25, -0.2) is 4.98 Å². The molecule has 0 bridgehead atoms. The summed E-state index contributed by atoms with van der Waals surface area (Å²) in [5.41, 5.74) is -0.0247. The van der Waals surface area contributed by atoms with Crippen molar-refractivity contribution in [2.75, 3.05) is 25.1 Å². The molecule has 3 rings (SSSR count). The Morgan fingerprint density at radius 2 is 2.09 bits per heavy atom. The lowest BCUT2D eigenvalue weighted by atomic mass is 10.2. The van der Waals surface area contributed by atoms with E-state index >= 15 is 0 Å². The minimum atomic E-state index is -0.466. The van der Waals surface area contributed by atoms with Crippen LogP contribution >= 0.6 is 0 Å². The maximum absolute atomic E-state index is 10.6. The van der Waals surface area contributed by atoms with Crippen molar-refractivity contribution in [1.29, 1.82) is 0 Å². The number of benzene rings is 1. The second-order valence-electron chi connectivity index (χ2n) is 5.01. The molecule has 1 aromatic carbocycles. The third-order valence-corrected chi connectivity index (χ3v) is 3.38. The van der Waals surface area contributed by atoms with Crippen LogP contribution in [0.2, 0.25) is 0 Å². The highest BCUT2D eigenvalue weighted by Crippen LogP contribution is 2.31. The van der Waals surface area contributed by atoms with Gasteiger partial charge in [-0.15, -0.1) is 0 Å². The van der Waals surface area contributed by atoms with Crippen LogP contribution in [0.15, 0.2) is 42.6 Å². The number of para-hydroxylation sites is 2. The van der Waals surface area contributed by atoms with Crippen LogP contribution in [-0.4, -0.2) is 36.2 Å². The molecule has 1 aliphatic heterocycles. The molecule has 114 valence electrons. The standard InChI is InChI=1S/C15H15N3O4/c1-17(15-7-6-11(8-16-15)18(19)20)9-12-10-21-13-4-2-3-5-14(13)22-12/h2-8,12H,9-10H2,1H3. The van der Waals surface area contributed by atoms with Crippen molar-refractivity contribution in [3.05, 3.63) is 52.7 Å². The molecule has 7 nitrogen and oxygen atoms in total. The van der Waals surface area contributed by atoms with Crippen molar-refractivity contribution in [3.63, 3.8) is 0 Å². The van der Waals surface area contributed by atoms with Crippen molar-refractivity contribution in [1.82, 2.24) is 4.98 Å². The van der Waals surface area contributed by atoms with E-state index in [2.05, 4.69) is 4.98 Å². The number of hydrogen-bond donors (Lipinski definition) is 0. The van der Waals surface area contributed by atoms with Gasteiger partial charge in [-0.3, -0.25) is 10.1 Å². The molecule has 1 aromatic heterocycles. The Kier molecular flexibility index (Phi) is 3.78. The Balaban J connectivity index is 1.65. The number of rotatable bonds is 4. The monoisotopic (exact) mass is 301 g/mol. The number of pyridine rings is 1. The number of ether oxygens (including phenoxy) is 2. The highest BCUT2D eigenvalue weighted by atomic mass is 16.6. The van der Waals surface area contributed by atoms with Crippen molar-refractivity contribution in [2.24, 2.45) is 0 Å². The van der Waals surface area contributed by atoms with Crippen LogP contribution in [0.25, 0.3) is 0 Å². The third-order valence-electron chi connectivity index (χ3n) is 3.38. The van der Waals surface area contributed by atoms with E-state index in [1.54, 1.807) is 6.07 Å². The van der Waals surface area contributed by atoms with Gasteiger partial charge in [0.1, 0.15) is 18.6 Å². The first-order valence-corrected chi connectivity index (χ1v) is 6.83. The minimum absolute atomic E-state index is 0.0247. The van der Waals surface area contributed by atoms with Crippen LogP contribution in [-0.2, 0) is 0 Å². The lowest BCUT2D eigenvalue weighted by Crippen LogP contribution is -2.39. The Labute approximate surface area is 127 Å². The summed E-state index contributed by atoms with van der Waals surface area (Å²) in [6.07, 6.45) is 1.12. The predicted octanol–water partition coefficient (Wildman–Crippen LogP) is 2.27. The normalized spacial score (nSPS) is 16.1. The fourth-order valence-corrected chi connectivity index (χ4v) is 2.26. The number of nitro groups is 1. The highest BCUT2D eigenvalue weighted by molar-refractivity contribution is 5.43. The molecular formula is C15H15N3O4. The quantitative estimate of drug-likeness (QED) is 0.637. The molecule has 2 heterocycles. The maximum atomic E-state index is 10.6. The van der Waals surface area contributed by atoms with Gasteiger partial charge < -0.3 is 14.4 Å². The molecule has 2 aromatic rings. The van der Waals surface area contributed by atoms with Crippen LogP contribution in [0.5, 0.6) is 11.5 Å². The van der Waals surface area contributed by atoms with Gasteiger partial charge in [-0.2, -0.15) is 0 Å². The molecule has 0 radical (unpaired) electrons. The lowest BCUT2D eigenvalue weighted by molar-refractivity contribution is -0.385. The zero-order valence-corrected chi connectivity index (χ0v) is 12.0. The fourth-order valence-electron chi connectivity index (χ4n) is 2.26. The molecule has 0 saturated carbocycles. The van der Waals surface area contributed by atoms with Crippen molar-refractivity contribution in [3.8, 4) is 11.5 Å². The molecule has 0 fully saturated rings. The van der Waals surface area contributed by atoms with Gasteiger partial charge in [0.05, 0.1) is 11.5 Å². The Morgan fingerprint density at radius 3 is 2.77 bits per heavy atom. The second-order valence-corrected chi connectivity index (χ2v) is 5.01. The van der Waals surface area contributed by atoms with Crippen molar-refractivity contribution >= 4 is 11.5 Å². The molecule has 0 spiro atoms. The molecule has 0 aliphatic carbocycles. The third kappa shape index (κ3) is 2.93. The number of anilines is 1. The molecule has 0 saturated heterocycles. The first-order valence-electron chi connectivity index (χ1n) is 6.83. The largest absolute Gasteiger partial charge is 0.486 e. The predicted molar refractivity (Wildman–Crippen MR) is 80.5 cm³/mol. The SMILES string of the molecule is CN(CC1COc2ccccc2O1)c1ccc([N+](=O)[O-])cn1.